The molecule has 8 heteroatoms. The molecule has 2 amide bonds. The molecule has 2 aliphatic rings. The number of aromatic nitrogens is 3. The molecule has 0 N–H and O–H groups in total. The van der Waals surface area contributed by atoms with Crippen molar-refractivity contribution in [2.45, 2.75) is 25.5 Å². The lowest BCUT2D eigenvalue weighted by atomic mass is 9.60. The van der Waals surface area contributed by atoms with Crippen LogP contribution in [0.15, 0.2) is 48.9 Å². The van der Waals surface area contributed by atoms with Crippen LogP contribution in [0.25, 0.3) is 5.65 Å². The van der Waals surface area contributed by atoms with Crippen molar-refractivity contribution in [3.05, 3.63) is 60.0 Å². The van der Waals surface area contributed by atoms with Crippen LogP contribution >= 0.6 is 0 Å². The van der Waals surface area contributed by atoms with Gasteiger partial charge in [-0.2, -0.15) is 5.10 Å². The summed E-state index contributed by atoms with van der Waals surface area (Å²) < 4.78 is 9.06. The van der Waals surface area contributed by atoms with Crippen LogP contribution in [0.3, 0.4) is 0 Å². The highest BCUT2D eigenvalue weighted by Crippen LogP contribution is 2.50. The zero-order valence-corrected chi connectivity index (χ0v) is 17.2. The number of amides is 2. The molecule has 1 saturated heterocycles. The van der Waals surface area contributed by atoms with Crippen LogP contribution in [0.2, 0.25) is 0 Å². The normalized spacial score (nSPS) is 17.6. The number of rotatable bonds is 4. The monoisotopic (exact) mass is 407 g/mol. The zero-order chi connectivity index (χ0) is 20.9. The van der Waals surface area contributed by atoms with Crippen molar-refractivity contribution >= 4 is 17.6 Å². The molecule has 1 aromatic carbocycles. The van der Waals surface area contributed by atoms with Crippen molar-refractivity contribution < 1.29 is 14.3 Å². The third kappa shape index (κ3) is 3.03. The fraction of sp³-hybridized carbons (Fsp3) is 0.409. The van der Waals surface area contributed by atoms with E-state index >= 15 is 0 Å². The van der Waals surface area contributed by atoms with Crippen LogP contribution in [-0.4, -0.2) is 62.2 Å². The Kier molecular flexibility index (Phi) is 4.30. The van der Waals surface area contributed by atoms with Crippen LogP contribution in [-0.2, 0) is 18.4 Å². The molecule has 2 fully saturated rings. The lowest BCUT2D eigenvalue weighted by Gasteiger charge is -2.60. The Labute approximate surface area is 174 Å². The van der Waals surface area contributed by atoms with Gasteiger partial charge in [-0.25, -0.2) is 9.31 Å². The van der Waals surface area contributed by atoms with Gasteiger partial charge in [0.25, 0.3) is 5.91 Å². The molecule has 0 bridgehead atoms. The molecule has 1 saturated carbocycles. The first-order chi connectivity index (χ1) is 14.5. The van der Waals surface area contributed by atoms with Gasteiger partial charge in [0.1, 0.15) is 17.8 Å². The number of hydrogen-bond acceptors (Lipinski definition) is 4. The maximum atomic E-state index is 12.9. The molecular formula is C22H25N5O3. The summed E-state index contributed by atoms with van der Waals surface area (Å²) in [6.45, 7) is 1.75. The largest absolute Gasteiger partial charge is 0.445 e. The van der Waals surface area contributed by atoms with Gasteiger partial charge in [-0.05, 0) is 18.4 Å². The minimum Gasteiger partial charge on any atom is -0.445 e. The van der Waals surface area contributed by atoms with Gasteiger partial charge in [0.05, 0.1) is 6.20 Å². The number of ether oxygens (including phenoxy) is 1. The summed E-state index contributed by atoms with van der Waals surface area (Å²) in [4.78, 5) is 28.8. The molecule has 30 heavy (non-hydrogen) atoms. The average molecular weight is 407 g/mol. The molecule has 3 aromatic rings. The molecule has 3 heterocycles. The van der Waals surface area contributed by atoms with Crippen LogP contribution in [0.1, 0.15) is 28.8 Å². The average Bonchev–Trinajstić information content (AvgIpc) is 3.27. The molecular weight excluding hydrogens is 382 g/mol. The Hall–Kier alpha value is -3.29. The first kappa shape index (κ1) is 18.7. The fourth-order valence-electron chi connectivity index (χ4n) is 4.72. The quantitative estimate of drug-likeness (QED) is 0.666. The van der Waals surface area contributed by atoms with Crippen molar-refractivity contribution in [1.29, 1.82) is 0 Å². The Balaban J connectivity index is 1.13. The van der Waals surface area contributed by atoms with Crippen molar-refractivity contribution in [3.63, 3.8) is 0 Å². The number of imidazole rings is 1. The Morgan fingerprint density at radius 1 is 1.20 bits per heavy atom. The zero-order valence-electron chi connectivity index (χ0n) is 17.2. The van der Waals surface area contributed by atoms with Crippen LogP contribution in [0.4, 0.5) is 4.79 Å². The Bertz CT molecular complexity index is 1090. The Morgan fingerprint density at radius 3 is 2.67 bits per heavy atom. The van der Waals surface area contributed by atoms with Gasteiger partial charge >= 0.3 is 6.09 Å². The Morgan fingerprint density at radius 2 is 1.93 bits per heavy atom. The topological polar surface area (TPSA) is 72.1 Å². The summed E-state index contributed by atoms with van der Waals surface area (Å²) in [6.07, 6.45) is 6.88. The second-order valence-corrected chi connectivity index (χ2v) is 8.61. The maximum Gasteiger partial charge on any atom is 0.410 e. The molecule has 0 unspecified atom stereocenters. The van der Waals surface area contributed by atoms with E-state index in [0.29, 0.717) is 5.56 Å². The van der Waals surface area contributed by atoms with Gasteiger partial charge < -0.3 is 19.1 Å². The van der Waals surface area contributed by atoms with Crippen molar-refractivity contribution in [2.24, 2.45) is 12.5 Å². The molecule has 1 spiro atoms. The van der Waals surface area contributed by atoms with Gasteiger partial charge in [0.2, 0.25) is 0 Å². The van der Waals surface area contributed by atoms with Gasteiger partial charge in [-0.15, -0.1) is 0 Å². The van der Waals surface area contributed by atoms with Crippen LogP contribution in [0, 0.1) is 5.41 Å². The molecule has 2 aromatic heterocycles. The fourth-order valence-corrected chi connectivity index (χ4v) is 4.72. The van der Waals surface area contributed by atoms with E-state index in [0.717, 1.165) is 37.1 Å². The van der Waals surface area contributed by atoms with Crippen molar-refractivity contribution in [2.75, 3.05) is 20.1 Å². The van der Waals surface area contributed by atoms with E-state index in [-0.39, 0.29) is 30.1 Å². The van der Waals surface area contributed by atoms with E-state index in [9.17, 15) is 9.59 Å². The lowest BCUT2D eigenvalue weighted by molar-refractivity contribution is -0.0847. The van der Waals surface area contributed by atoms with E-state index in [2.05, 4.69) is 5.10 Å². The summed E-state index contributed by atoms with van der Waals surface area (Å²) in [7, 11) is 3.71. The molecule has 8 nitrogen and oxygen atoms in total. The standard InChI is InChI=1S/C22H25N5O3/c1-24-8-9-27-19(24)18(12-23-27)20(28)26-14-22(15-26)10-17(11-22)25(2)21(29)30-13-16-6-4-3-5-7-16/h3-9,12,17H,10-11,13-15H2,1-2H3. The van der Waals surface area contributed by atoms with Gasteiger partial charge in [-0.1, -0.05) is 30.3 Å². The number of benzene rings is 1. The number of likely N-dealkylation sites (tertiary alicyclic amines) is 1. The number of hydrogen-bond donors (Lipinski definition) is 0. The number of nitrogens with zero attached hydrogens (tertiary/aromatic N) is 5. The summed E-state index contributed by atoms with van der Waals surface area (Å²) in [5.41, 5.74) is 2.56. The van der Waals surface area contributed by atoms with Gasteiger partial charge in [-0.3, -0.25) is 4.79 Å². The lowest BCUT2D eigenvalue weighted by Crippen LogP contribution is -2.67. The number of aryl methyl sites for hydroxylation is 1. The molecule has 0 radical (unpaired) electrons. The molecule has 1 aliphatic heterocycles. The van der Waals surface area contributed by atoms with Crippen LogP contribution in [0.5, 0.6) is 0 Å². The smallest absolute Gasteiger partial charge is 0.410 e. The number of carbonyl (C=O) groups is 2. The molecule has 5 rings (SSSR count). The summed E-state index contributed by atoms with van der Waals surface area (Å²) in [6, 6.07) is 9.85. The number of fused-ring (bicyclic) bond motifs is 1. The summed E-state index contributed by atoms with van der Waals surface area (Å²) >= 11 is 0. The van der Waals surface area contributed by atoms with E-state index in [4.69, 9.17) is 4.74 Å². The van der Waals surface area contributed by atoms with Gasteiger partial charge in [0.15, 0.2) is 0 Å². The predicted molar refractivity (Wildman–Crippen MR) is 110 cm³/mol. The maximum absolute atomic E-state index is 12.9. The van der Waals surface area contributed by atoms with Gasteiger partial charge in [0, 0.05) is 51.0 Å². The summed E-state index contributed by atoms with van der Waals surface area (Å²) in [5.74, 6) is 0.0245. The van der Waals surface area contributed by atoms with E-state index < -0.39 is 0 Å². The second kappa shape index (κ2) is 6.90. The van der Waals surface area contributed by atoms with E-state index in [1.54, 1.807) is 22.7 Å². The first-order valence-electron chi connectivity index (χ1n) is 10.2. The third-order valence-electron chi connectivity index (χ3n) is 6.48. The van der Waals surface area contributed by atoms with Crippen molar-refractivity contribution in [1.82, 2.24) is 24.0 Å². The second-order valence-electron chi connectivity index (χ2n) is 8.61. The van der Waals surface area contributed by atoms with Crippen molar-refractivity contribution in [3.8, 4) is 0 Å². The number of carbonyl (C=O) groups excluding carboxylic acids is 2. The molecule has 0 atom stereocenters. The van der Waals surface area contributed by atoms with E-state index in [1.165, 1.54) is 0 Å². The van der Waals surface area contributed by atoms with E-state index in [1.807, 2.05) is 59.2 Å². The molecule has 156 valence electrons. The van der Waals surface area contributed by atoms with Crippen LogP contribution < -0.4 is 0 Å². The SMILES string of the molecule is CN(C(=O)OCc1ccccc1)C1CC2(C1)CN(C(=O)c1cnn3ccn(C)c13)C2. The summed E-state index contributed by atoms with van der Waals surface area (Å²) in [5, 5.41) is 4.26. The highest BCUT2D eigenvalue weighted by Gasteiger charge is 2.55. The predicted octanol–water partition coefficient (Wildman–Crippen LogP) is 2.55. The minimum atomic E-state index is -0.294. The molecule has 1 aliphatic carbocycles. The minimum absolute atomic E-state index is 0.0245. The highest BCUT2D eigenvalue weighted by atomic mass is 16.6. The third-order valence-corrected chi connectivity index (χ3v) is 6.48. The highest BCUT2D eigenvalue weighted by molar-refractivity contribution is 6.00. The first-order valence-corrected chi connectivity index (χ1v) is 10.2.